The molecule has 0 atom stereocenters. The second-order valence-corrected chi connectivity index (χ2v) is 3.88. The fourth-order valence-electron chi connectivity index (χ4n) is 1.74. The van der Waals surface area contributed by atoms with E-state index in [-0.39, 0.29) is 22.7 Å². The van der Waals surface area contributed by atoms with E-state index in [2.05, 4.69) is 0 Å². The second-order valence-electron chi connectivity index (χ2n) is 3.88. The average molecular weight is 270 g/mol. The van der Waals surface area contributed by atoms with Crippen LogP contribution in [0.3, 0.4) is 0 Å². The zero-order valence-electron chi connectivity index (χ0n) is 20.3. The molecule has 0 amide bonds. The molecule has 0 unspecified atom stereocenters. The number of nitrogens with two attached hydrogens (primary N) is 1. The third-order valence-corrected chi connectivity index (χ3v) is 2.55. The summed E-state index contributed by atoms with van der Waals surface area (Å²) in [5, 5.41) is 0. The summed E-state index contributed by atoms with van der Waals surface area (Å²) in [4.78, 5) is 1.05. The molecule has 0 aromatic heterocycles. The van der Waals surface area contributed by atoms with Crippen molar-refractivity contribution in [2.24, 2.45) is 0 Å². The van der Waals surface area contributed by atoms with Gasteiger partial charge in [-0.05, 0) is 42.4 Å². The quantitative estimate of drug-likeness (QED) is 0.697. The van der Waals surface area contributed by atoms with E-state index in [4.69, 9.17) is 19.4 Å². The summed E-state index contributed by atoms with van der Waals surface area (Å²) < 4.78 is 80.7. The van der Waals surface area contributed by atoms with Crippen molar-refractivity contribution in [1.82, 2.24) is 0 Å². The molecule has 0 radical (unpaired) electrons. The van der Waals surface area contributed by atoms with Gasteiger partial charge in [-0.25, -0.2) is 0 Å². The number of hydrogen-bond donors (Lipinski definition) is 1. The average Bonchev–Trinajstić information content (AvgIpc) is 2.72. The molecule has 3 aromatic carbocycles. The molecule has 0 aliphatic rings. The maximum atomic E-state index is 8.31. The lowest BCUT2D eigenvalue weighted by Gasteiger charge is -2.25. The van der Waals surface area contributed by atoms with Crippen LogP contribution in [0.1, 0.15) is 13.7 Å². The minimum atomic E-state index is -0.618. The maximum Gasteiger partial charge on any atom is 0.0645 e. The molecule has 0 saturated carbocycles. The van der Waals surface area contributed by atoms with Gasteiger partial charge in [0.2, 0.25) is 0 Å². The van der Waals surface area contributed by atoms with E-state index < -0.39 is 60.4 Å². The van der Waals surface area contributed by atoms with E-state index in [1.807, 2.05) is 0 Å². The summed E-state index contributed by atoms with van der Waals surface area (Å²) in [6.45, 7) is 0. The zero-order chi connectivity index (χ0) is 22.5. The lowest BCUT2D eigenvalue weighted by Crippen LogP contribution is -2.09. The van der Waals surface area contributed by atoms with Gasteiger partial charge in [-0.1, -0.05) is 42.3 Å². The fourth-order valence-corrected chi connectivity index (χ4v) is 1.74. The molecule has 20 heavy (non-hydrogen) atoms. The molecule has 2 heteroatoms. The Bertz CT molecular complexity index is 1050. The van der Waals surface area contributed by atoms with Gasteiger partial charge >= 0.3 is 0 Å². The van der Waals surface area contributed by atoms with Gasteiger partial charge in [0.15, 0.2) is 0 Å². The standard InChI is InChI=1S/C18H16N2/c19-15-8-7-13-18(14-15)20(16-9-3-1-4-10-16)17-11-5-2-6-12-17/h1-14H,19H2/i1D,2D,3D,4D,5D,6D,9D,10D,11D,12D. The van der Waals surface area contributed by atoms with Crippen LogP contribution in [0.2, 0.25) is 0 Å². The summed E-state index contributed by atoms with van der Waals surface area (Å²) in [6.07, 6.45) is 0. The van der Waals surface area contributed by atoms with Crippen molar-refractivity contribution in [2.75, 3.05) is 10.6 Å². The van der Waals surface area contributed by atoms with Crippen molar-refractivity contribution in [3.63, 3.8) is 0 Å². The van der Waals surface area contributed by atoms with Crippen LogP contribution in [0, 0.1) is 0 Å². The number of benzene rings is 3. The second kappa shape index (κ2) is 5.49. The monoisotopic (exact) mass is 270 g/mol. The van der Waals surface area contributed by atoms with Gasteiger partial charge in [0.05, 0.1) is 13.7 Å². The highest BCUT2D eigenvalue weighted by molar-refractivity contribution is 5.77. The van der Waals surface area contributed by atoms with Crippen LogP contribution in [0.5, 0.6) is 0 Å². The SMILES string of the molecule is [2H]c1c([2H])c([2H])c(N(c2cccc(N)c2)c2c([2H])c([2H])c([2H])c([2H])c2[2H])c([2H])c1[2H]. The van der Waals surface area contributed by atoms with E-state index in [0.717, 1.165) is 4.90 Å². The van der Waals surface area contributed by atoms with E-state index in [1.54, 1.807) is 12.1 Å². The molecule has 0 fully saturated rings. The van der Waals surface area contributed by atoms with Crippen molar-refractivity contribution in [1.29, 1.82) is 0 Å². The predicted octanol–water partition coefficient (Wildman–Crippen LogP) is 4.74. The van der Waals surface area contributed by atoms with E-state index in [0.29, 0.717) is 0 Å². The van der Waals surface area contributed by atoms with E-state index in [9.17, 15) is 0 Å². The van der Waals surface area contributed by atoms with Gasteiger partial charge < -0.3 is 10.6 Å². The molecule has 0 aliphatic carbocycles. The first-order valence-electron chi connectivity index (χ1n) is 10.8. The maximum absolute atomic E-state index is 8.31. The summed E-state index contributed by atoms with van der Waals surface area (Å²) in [7, 11) is 0. The Labute approximate surface area is 133 Å². The Morgan fingerprint density at radius 3 is 1.80 bits per heavy atom. The summed E-state index contributed by atoms with van der Waals surface area (Å²) >= 11 is 0. The Morgan fingerprint density at radius 1 is 0.750 bits per heavy atom. The fraction of sp³-hybridized carbons (Fsp3) is 0. The summed E-state index contributed by atoms with van der Waals surface area (Å²) in [5.41, 5.74) is 5.59. The third kappa shape index (κ3) is 2.50. The molecular weight excluding hydrogens is 244 g/mol. The van der Waals surface area contributed by atoms with Gasteiger partial charge in [-0.2, -0.15) is 0 Å². The number of hydrogen-bond acceptors (Lipinski definition) is 2. The highest BCUT2D eigenvalue weighted by Crippen LogP contribution is 2.34. The minimum Gasteiger partial charge on any atom is -0.399 e. The van der Waals surface area contributed by atoms with E-state index in [1.165, 1.54) is 12.1 Å². The number of nitrogens with zero attached hydrogens (tertiary/aromatic N) is 1. The van der Waals surface area contributed by atoms with Gasteiger partial charge in [-0.3, -0.25) is 0 Å². The van der Waals surface area contributed by atoms with Crippen LogP contribution in [-0.2, 0) is 0 Å². The van der Waals surface area contributed by atoms with E-state index >= 15 is 0 Å². The highest BCUT2D eigenvalue weighted by atomic mass is 15.1. The van der Waals surface area contributed by atoms with Crippen LogP contribution in [0.25, 0.3) is 0 Å². The number of anilines is 4. The Morgan fingerprint density at radius 2 is 1.30 bits per heavy atom. The topological polar surface area (TPSA) is 29.3 Å². The Kier molecular flexibility index (Phi) is 1.46. The Balaban J connectivity index is 2.52. The largest absolute Gasteiger partial charge is 0.399 e. The van der Waals surface area contributed by atoms with Crippen LogP contribution >= 0.6 is 0 Å². The van der Waals surface area contributed by atoms with Crippen molar-refractivity contribution < 1.29 is 13.7 Å². The normalized spacial score (nSPS) is 17.2. The third-order valence-electron chi connectivity index (χ3n) is 2.55. The number of rotatable bonds is 3. The molecule has 3 aromatic rings. The van der Waals surface area contributed by atoms with Crippen LogP contribution in [-0.4, -0.2) is 0 Å². The van der Waals surface area contributed by atoms with Gasteiger partial charge in [0.25, 0.3) is 0 Å². The molecule has 98 valence electrons. The first-order valence-corrected chi connectivity index (χ1v) is 5.78. The zero-order valence-corrected chi connectivity index (χ0v) is 10.3. The molecule has 0 spiro atoms. The summed E-state index contributed by atoms with van der Waals surface area (Å²) in [5.74, 6) is 0. The predicted molar refractivity (Wildman–Crippen MR) is 85.5 cm³/mol. The highest BCUT2D eigenvalue weighted by Gasteiger charge is 2.11. The van der Waals surface area contributed by atoms with Gasteiger partial charge in [-0.15, -0.1) is 0 Å². The molecule has 0 heterocycles. The smallest absolute Gasteiger partial charge is 0.0645 e. The molecule has 0 saturated heterocycles. The first kappa shape index (κ1) is 5.33. The van der Waals surface area contributed by atoms with Crippen LogP contribution < -0.4 is 10.6 Å². The number of para-hydroxylation sites is 2. The van der Waals surface area contributed by atoms with Crippen molar-refractivity contribution in [3.8, 4) is 0 Å². The van der Waals surface area contributed by atoms with Crippen molar-refractivity contribution in [2.45, 2.75) is 0 Å². The molecule has 2 nitrogen and oxygen atoms in total. The lowest BCUT2D eigenvalue weighted by molar-refractivity contribution is 1.28. The number of nitrogen functional groups attached to an aromatic ring is 1. The van der Waals surface area contributed by atoms with Crippen LogP contribution in [0.4, 0.5) is 22.7 Å². The molecule has 3 rings (SSSR count). The van der Waals surface area contributed by atoms with Crippen molar-refractivity contribution in [3.05, 3.63) is 84.7 Å². The Hall–Kier alpha value is -2.74. The minimum absolute atomic E-state index is 0.173. The van der Waals surface area contributed by atoms with Crippen LogP contribution in [0.15, 0.2) is 84.7 Å². The molecule has 2 N–H and O–H groups in total. The van der Waals surface area contributed by atoms with Crippen molar-refractivity contribution >= 4 is 22.7 Å². The molecule has 0 aliphatic heterocycles. The molecular formula is C18H16N2. The summed E-state index contributed by atoms with van der Waals surface area (Å²) in [6, 6.07) is -0.0210. The van der Waals surface area contributed by atoms with Gasteiger partial charge in [0, 0.05) is 22.7 Å². The first-order chi connectivity index (χ1) is 14.0. The lowest BCUT2D eigenvalue weighted by atomic mass is 10.2. The molecule has 0 bridgehead atoms. The van der Waals surface area contributed by atoms with Gasteiger partial charge in [0.1, 0.15) is 0 Å².